The molecule has 1 rings (SSSR count). The summed E-state index contributed by atoms with van der Waals surface area (Å²) in [4.78, 5) is 0. The zero-order valence-corrected chi connectivity index (χ0v) is 19.1. The van der Waals surface area contributed by atoms with Crippen LogP contribution in [0.2, 0.25) is 18.1 Å². The summed E-state index contributed by atoms with van der Waals surface area (Å²) in [6.07, 6.45) is 3.37. The standard InChI is InChI=1S/C19H35NO3SSi/c1-15(12-13-20-24(21)18(2,3)4)14-16-10-11-17(22-16)23-25(8,9)19(5,6)7/h10-11,13,15H,12,14H2,1-9H3/b20-13+/t15?,24-/m0/s1. The van der Waals surface area contributed by atoms with E-state index in [1.165, 1.54) is 0 Å². The summed E-state index contributed by atoms with van der Waals surface area (Å²) in [6, 6.07) is 3.91. The molecule has 0 bridgehead atoms. The molecule has 0 fully saturated rings. The van der Waals surface area contributed by atoms with Gasteiger partial charge in [0.1, 0.15) is 21.9 Å². The van der Waals surface area contributed by atoms with E-state index in [1.807, 2.05) is 32.9 Å². The number of rotatable bonds is 7. The summed E-state index contributed by atoms with van der Waals surface area (Å²) >= 11 is -1.19. The third kappa shape index (κ3) is 7.19. The van der Waals surface area contributed by atoms with Crippen LogP contribution in [0, 0.1) is 5.92 Å². The molecule has 1 unspecified atom stereocenters. The van der Waals surface area contributed by atoms with Gasteiger partial charge in [0, 0.05) is 12.5 Å². The highest BCUT2D eigenvalue weighted by molar-refractivity contribution is 7.91. The van der Waals surface area contributed by atoms with Crippen LogP contribution in [0.3, 0.4) is 0 Å². The predicted octanol–water partition coefficient (Wildman–Crippen LogP) is 5.77. The van der Waals surface area contributed by atoms with Crippen LogP contribution in [0.4, 0.5) is 0 Å². The van der Waals surface area contributed by atoms with Gasteiger partial charge < -0.3 is 13.4 Å². The second-order valence-corrected chi connectivity index (χ2v) is 15.9. The second-order valence-electron chi connectivity index (χ2n) is 9.28. The molecule has 1 aromatic heterocycles. The number of hydrogen-bond donors (Lipinski definition) is 0. The average molecular weight is 386 g/mol. The van der Waals surface area contributed by atoms with Gasteiger partial charge >= 0.3 is 0 Å². The number of hydrogen-bond acceptors (Lipinski definition) is 4. The maximum Gasteiger partial charge on any atom is 0.270 e. The molecular weight excluding hydrogens is 350 g/mol. The molecule has 0 spiro atoms. The lowest BCUT2D eigenvalue weighted by atomic mass is 10.0. The van der Waals surface area contributed by atoms with Gasteiger partial charge in [-0.15, -0.1) is 0 Å². The summed E-state index contributed by atoms with van der Waals surface area (Å²) in [5, 5.41) is 0.145. The van der Waals surface area contributed by atoms with Crippen molar-refractivity contribution in [3.8, 4) is 5.95 Å². The molecule has 0 radical (unpaired) electrons. The summed E-state index contributed by atoms with van der Waals surface area (Å²) in [6.45, 7) is 19.0. The average Bonchev–Trinajstić information content (AvgIpc) is 2.82. The minimum atomic E-state index is -1.87. The molecule has 2 atom stereocenters. The van der Waals surface area contributed by atoms with Crippen molar-refractivity contribution >= 4 is 25.9 Å². The SMILES string of the molecule is CC(C/C=N/[S@@+]([O-])C(C)(C)C)Cc1ccc(O[Si](C)(C)C(C)(C)C)o1. The molecule has 0 aliphatic heterocycles. The van der Waals surface area contributed by atoms with Crippen LogP contribution < -0.4 is 4.43 Å². The maximum atomic E-state index is 11.9. The summed E-state index contributed by atoms with van der Waals surface area (Å²) in [5.74, 6) is 1.91. The van der Waals surface area contributed by atoms with E-state index in [4.69, 9.17) is 8.84 Å². The van der Waals surface area contributed by atoms with E-state index in [-0.39, 0.29) is 9.79 Å². The van der Waals surface area contributed by atoms with Gasteiger partial charge in [-0.25, -0.2) is 0 Å². The fourth-order valence-electron chi connectivity index (χ4n) is 1.80. The summed E-state index contributed by atoms with van der Waals surface area (Å²) in [5.41, 5.74) is 0. The molecule has 25 heavy (non-hydrogen) atoms. The second kappa shape index (κ2) is 8.31. The van der Waals surface area contributed by atoms with Crippen molar-refractivity contribution in [1.29, 1.82) is 0 Å². The highest BCUT2D eigenvalue weighted by atomic mass is 32.2. The first-order chi connectivity index (χ1) is 11.2. The van der Waals surface area contributed by atoms with Gasteiger partial charge in [0.15, 0.2) is 0 Å². The van der Waals surface area contributed by atoms with Gasteiger partial charge in [-0.2, -0.15) is 0 Å². The zero-order chi connectivity index (χ0) is 19.5. The lowest BCUT2D eigenvalue weighted by Gasteiger charge is -2.35. The third-order valence-electron chi connectivity index (χ3n) is 4.55. The Morgan fingerprint density at radius 3 is 2.36 bits per heavy atom. The molecule has 144 valence electrons. The van der Waals surface area contributed by atoms with E-state index in [2.05, 4.69) is 45.2 Å². The fraction of sp³-hybridized carbons (Fsp3) is 0.737. The Balaban J connectivity index is 2.56. The first-order valence-electron chi connectivity index (χ1n) is 8.94. The quantitative estimate of drug-likeness (QED) is 0.340. The highest BCUT2D eigenvalue weighted by Crippen LogP contribution is 2.37. The van der Waals surface area contributed by atoms with E-state index in [0.29, 0.717) is 11.9 Å². The van der Waals surface area contributed by atoms with E-state index in [9.17, 15) is 4.55 Å². The van der Waals surface area contributed by atoms with Gasteiger partial charge in [0.25, 0.3) is 14.3 Å². The van der Waals surface area contributed by atoms with Crippen molar-refractivity contribution in [2.45, 2.75) is 84.2 Å². The molecule has 6 heteroatoms. The molecule has 0 N–H and O–H groups in total. The lowest BCUT2D eigenvalue weighted by molar-refractivity contribution is 0.343. The van der Waals surface area contributed by atoms with Crippen LogP contribution in [0.15, 0.2) is 20.9 Å². The van der Waals surface area contributed by atoms with E-state index < -0.39 is 19.7 Å². The van der Waals surface area contributed by atoms with Gasteiger partial charge in [-0.3, -0.25) is 0 Å². The first-order valence-corrected chi connectivity index (χ1v) is 13.0. The molecule has 0 saturated carbocycles. The smallest absolute Gasteiger partial charge is 0.270 e. The topological polar surface area (TPSA) is 57.8 Å². The van der Waals surface area contributed by atoms with E-state index in [0.717, 1.165) is 18.6 Å². The van der Waals surface area contributed by atoms with E-state index >= 15 is 0 Å². The largest absolute Gasteiger partial charge is 0.591 e. The Hall–Kier alpha value is -0.723. The Morgan fingerprint density at radius 2 is 1.84 bits per heavy atom. The Kier molecular flexibility index (Phi) is 7.42. The Labute approximate surface area is 157 Å². The fourth-order valence-corrected chi connectivity index (χ4v) is 3.26. The van der Waals surface area contributed by atoms with Gasteiger partial charge in [-0.05, 0) is 57.3 Å². The van der Waals surface area contributed by atoms with Crippen molar-refractivity contribution in [1.82, 2.24) is 0 Å². The highest BCUT2D eigenvalue weighted by Gasteiger charge is 2.39. The van der Waals surface area contributed by atoms with Crippen LogP contribution >= 0.6 is 0 Å². The molecule has 0 aromatic carbocycles. The molecule has 1 heterocycles. The normalized spacial score (nSPS) is 16.2. The first kappa shape index (κ1) is 22.3. The third-order valence-corrected chi connectivity index (χ3v) is 10.3. The van der Waals surface area contributed by atoms with Crippen LogP contribution in [0.1, 0.15) is 60.6 Å². The van der Waals surface area contributed by atoms with Crippen molar-refractivity contribution in [2.75, 3.05) is 0 Å². The van der Waals surface area contributed by atoms with Crippen molar-refractivity contribution in [2.24, 2.45) is 10.3 Å². The Bertz CT molecular complexity index is 570. The van der Waals surface area contributed by atoms with Gasteiger partial charge in [-0.1, -0.05) is 32.1 Å². The summed E-state index contributed by atoms with van der Waals surface area (Å²) in [7, 11) is -1.87. The maximum absolute atomic E-state index is 11.9. The molecule has 0 aliphatic rings. The minimum Gasteiger partial charge on any atom is -0.591 e. The number of nitrogens with zero attached hydrogens (tertiary/aromatic N) is 1. The van der Waals surface area contributed by atoms with Gasteiger partial charge in [0.2, 0.25) is 0 Å². The van der Waals surface area contributed by atoms with Crippen molar-refractivity contribution < 1.29 is 13.4 Å². The predicted molar refractivity (Wildman–Crippen MR) is 110 cm³/mol. The minimum absolute atomic E-state index is 0.145. The molecule has 1 aromatic rings. The zero-order valence-electron chi connectivity index (χ0n) is 17.3. The van der Waals surface area contributed by atoms with Crippen LogP contribution in [0.25, 0.3) is 0 Å². The molecule has 0 saturated heterocycles. The van der Waals surface area contributed by atoms with Gasteiger partial charge in [0.05, 0.1) is 6.21 Å². The van der Waals surface area contributed by atoms with Crippen molar-refractivity contribution in [3.63, 3.8) is 0 Å². The molecule has 0 aliphatic carbocycles. The lowest BCUT2D eigenvalue weighted by Crippen LogP contribution is -2.43. The van der Waals surface area contributed by atoms with Crippen LogP contribution in [0.5, 0.6) is 5.95 Å². The monoisotopic (exact) mass is 385 g/mol. The summed E-state index contributed by atoms with van der Waals surface area (Å²) < 4.78 is 27.8. The van der Waals surface area contributed by atoms with Crippen molar-refractivity contribution in [3.05, 3.63) is 17.9 Å². The number of furan rings is 1. The molecular formula is C19H35NO3SSi. The Morgan fingerprint density at radius 1 is 1.24 bits per heavy atom. The molecule has 0 amide bonds. The van der Waals surface area contributed by atoms with E-state index in [1.54, 1.807) is 6.21 Å². The van der Waals surface area contributed by atoms with Crippen LogP contribution in [-0.4, -0.2) is 23.8 Å². The van der Waals surface area contributed by atoms with Crippen LogP contribution in [-0.2, 0) is 17.8 Å². The molecule has 4 nitrogen and oxygen atoms in total.